The SMILES string of the molecule is O=C(O)[C@H]1CCS(=O)(=O)c2ccccc21. The molecule has 2 rings (SSSR count). The zero-order valence-electron chi connectivity index (χ0n) is 7.88. The molecule has 1 atom stereocenters. The minimum absolute atomic E-state index is 0.0824. The number of sulfone groups is 1. The highest BCUT2D eigenvalue weighted by Crippen LogP contribution is 2.33. The molecule has 1 N–H and O–H groups in total. The van der Waals surface area contributed by atoms with Gasteiger partial charge in [0, 0.05) is 0 Å². The van der Waals surface area contributed by atoms with E-state index in [1.165, 1.54) is 6.07 Å². The molecule has 0 saturated carbocycles. The Balaban J connectivity index is 2.64. The number of rotatable bonds is 1. The van der Waals surface area contributed by atoms with Gasteiger partial charge in [0.25, 0.3) is 0 Å². The van der Waals surface area contributed by atoms with Gasteiger partial charge in [0.15, 0.2) is 9.84 Å². The predicted octanol–water partition coefficient (Wildman–Crippen LogP) is 1.03. The second-order valence-corrected chi connectivity index (χ2v) is 5.61. The van der Waals surface area contributed by atoms with Crippen LogP contribution < -0.4 is 0 Å². The number of carboxylic acid groups (broad SMARTS) is 1. The van der Waals surface area contributed by atoms with E-state index < -0.39 is 21.7 Å². The van der Waals surface area contributed by atoms with Crippen LogP contribution in [0.4, 0.5) is 0 Å². The molecular weight excluding hydrogens is 216 g/mol. The van der Waals surface area contributed by atoms with Gasteiger partial charge in [-0.05, 0) is 18.1 Å². The minimum atomic E-state index is -3.27. The summed E-state index contributed by atoms with van der Waals surface area (Å²) in [5.74, 6) is -1.73. The second kappa shape index (κ2) is 3.34. The van der Waals surface area contributed by atoms with E-state index >= 15 is 0 Å². The summed E-state index contributed by atoms with van der Waals surface area (Å²) in [6, 6.07) is 6.32. The Kier molecular flexibility index (Phi) is 2.26. The Morgan fingerprint density at radius 3 is 2.67 bits per heavy atom. The number of carbonyl (C=O) groups is 1. The lowest BCUT2D eigenvalue weighted by Gasteiger charge is -2.21. The zero-order valence-corrected chi connectivity index (χ0v) is 8.70. The third-order valence-electron chi connectivity index (χ3n) is 2.60. The van der Waals surface area contributed by atoms with Crippen LogP contribution in [0, 0.1) is 0 Å². The van der Waals surface area contributed by atoms with Gasteiger partial charge in [-0.25, -0.2) is 8.42 Å². The predicted molar refractivity (Wildman–Crippen MR) is 53.5 cm³/mol. The number of fused-ring (bicyclic) bond motifs is 1. The van der Waals surface area contributed by atoms with Crippen LogP contribution in [0.15, 0.2) is 29.2 Å². The van der Waals surface area contributed by atoms with E-state index in [1.54, 1.807) is 18.2 Å². The second-order valence-electron chi connectivity index (χ2n) is 3.54. The third-order valence-corrected chi connectivity index (χ3v) is 4.42. The first kappa shape index (κ1) is 10.2. The van der Waals surface area contributed by atoms with Crippen LogP contribution in [0.5, 0.6) is 0 Å². The highest BCUT2D eigenvalue weighted by Gasteiger charge is 2.33. The summed E-state index contributed by atoms with van der Waals surface area (Å²) in [6.07, 6.45) is 0.161. The van der Waals surface area contributed by atoms with Crippen LogP contribution in [-0.2, 0) is 14.6 Å². The lowest BCUT2D eigenvalue weighted by molar-refractivity contribution is -0.138. The summed E-state index contributed by atoms with van der Waals surface area (Å²) >= 11 is 0. The fourth-order valence-corrected chi connectivity index (χ4v) is 3.47. The number of hydrogen-bond acceptors (Lipinski definition) is 3. The van der Waals surface area contributed by atoms with Crippen LogP contribution in [0.2, 0.25) is 0 Å². The molecule has 0 aromatic heterocycles. The molecule has 1 aromatic rings. The Bertz CT molecular complexity index is 504. The molecule has 4 nitrogen and oxygen atoms in total. The summed E-state index contributed by atoms with van der Waals surface area (Å²) in [6.45, 7) is 0. The topological polar surface area (TPSA) is 71.4 Å². The molecule has 1 heterocycles. The Morgan fingerprint density at radius 2 is 2.00 bits per heavy atom. The summed E-state index contributed by atoms with van der Waals surface area (Å²) in [5, 5.41) is 8.96. The highest BCUT2D eigenvalue weighted by atomic mass is 32.2. The molecule has 0 bridgehead atoms. The van der Waals surface area contributed by atoms with E-state index in [0.29, 0.717) is 5.56 Å². The molecule has 0 aliphatic carbocycles. The first-order chi connectivity index (χ1) is 7.02. The average molecular weight is 226 g/mol. The molecular formula is C10H10O4S. The summed E-state index contributed by atoms with van der Waals surface area (Å²) in [7, 11) is -3.27. The highest BCUT2D eigenvalue weighted by molar-refractivity contribution is 7.91. The molecule has 0 spiro atoms. The van der Waals surface area contributed by atoms with E-state index in [4.69, 9.17) is 5.11 Å². The Morgan fingerprint density at radius 1 is 1.33 bits per heavy atom. The normalized spacial score (nSPS) is 23.1. The van der Waals surface area contributed by atoms with Crippen LogP contribution in [0.3, 0.4) is 0 Å². The van der Waals surface area contributed by atoms with Gasteiger partial charge in [-0.1, -0.05) is 18.2 Å². The lowest BCUT2D eigenvalue weighted by atomic mass is 9.96. The fraction of sp³-hybridized carbons (Fsp3) is 0.300. The largest absolute Gasteiger partial charge is 0.481 e. The number of carboxylic acids is 1. The van der Waals surface area contributed by atoms with Crippen molar-refractivity contribution in [2.24, 2.45) is 0 Å². The Hall–Kier alpha value is -1.36. The molecule has 5 heteroatoms. The van der Waals surface area contributed by atoms with Gasteiger partial charge in [-0.2, -0.15) is 0 Å². The van der Waals surface area contributed by atoms with Crippen LogP contribution >= 0.6 is 0 Å². The number of aliphatic carboxylic acids is 1. The van der Waals surface area contributed by atoms with Gasteiger partial charge in [0.1, 0.15) is 0 Å². The van der Waals surface area contributed by atoms with E-state index in [0.717, 1.165) is 0 Å². The van der Waals surface area contributed by atoms with Crippen molar-refractivity contribution in [1.29, 1.82) is 0 Å². The minimum Gasteiger partial charge on any atom is -0.481 e. The van der Waals surface area contributed by atoms with Gasteiger partial charge in [-0.3, -0.25) is 4.79 Å². The zero-order chi connectivity index (χ0) is 11.1. The Labute approximate surface area is 87.5 Å². The molecule has 0 unspecified atom stereocenters. The van der Waals surface area contributed by atoms with Gasteiger partial charge < -0.3 is 5.11 Å². The summed E-state index contributed by atoms with van der Waals surface area (Å²) < 4.78 is 23.3. The first-order valence-corrected chi connectivity index (χ1v) is 6.22. The molecule has 1 aliphatic rings. The van der Waals surface area contributed by atoms with E-state index in [1.807, 2.05) is 0 Å². The summed E-state index contributed by atoms with van der Waals surface area (Å²) in [5.41, 5.74) is 0.413. The summed E-state index contributed by atoms with van der Waals surface area (Å²) in [4.78, 5) is 11.1. The monoisotopic (exact) mass is 226 g/mol. The van der Waals surface area contributed by atoms with Gasteiger partial charge in [0.2, 0.25) is 0 Å². The van der Waals surface area contributed by atoms with Crippen molar-refractivity contribution in [3.05, 3.63) is 29.8 Å². The maximum absolute atomic E-state index is 11.6. The van der Waals surface area contributed by atoms with Crippen molar-refractivity contribution < 1.29 is 18.3 Å². The number of hydrogen-bond donors (Lipinski definition) is 1. The van der Waals surface area contributed by atoms with Crippen molar-refractivity contribution in [2.75, 3.05) is 5.75 Å². The molecule has 15 heavy (non-hydrogen) atoms. The van der Waals surface area contributed by atoms with Gasteiger partial charge in [-0.15, -0.1) is 0 Å². The molecule has 0 amide bonds. The van der Waals surface area contributed by atoms with Crippen molar-refractivity contribution >= 4 is 15.8 Å². The molecule has 1 aromatic carbocycles. The van der Waals surface area contributed by atoms with Crippen molar-refractivity contribution in [2.45, 2.75) is 17.2 Å². The quantitative estimate of drug-likeness (QED) is 0.776. The molecule has 0 radical (unpaired) electrons. The van der Waals surface area contributed by atoms with E-state index in [2.05, 4.69) is 0 Å². The van der Waals surface area contributed by atoms with Gasteiger partial charge in [0.05, 0.1) is 16.6 Å². The lowest BCUT2D eigenvalue weighted by Crippen LogP contribution is -2.24. The molecule has 1 aliphatic heterocycles. The van der Waals surface area contributed by atoms with E-state index in [-0.39, 0.29) is 17.1 Å². The van der Waals surface area contributed by atoms with Crippen LogP contribution in [-0.4, -0.2) is 25.2 Å². The molecule has 80 valence electrons. The van der Waals surface area contributed by atoms with E-state index in [9.17, 15) is 13.2 Å². The maximum atomic E-state index is 11.6. The van der Waals surface area contributed by atoms with Crippen LogP contribution in [0.25, 0.3) is 0 Å². The van der Waals surface area contributed by atoms with Crippen molar-refractivity contribution in [3.8, 4) is 0 Å². The first-order valence-electron chi connectivity index (χ1n) is 4.57. The average Bonchev–Trinajstić information content (AvgIpc) is 2.17. The maximum Gasteiger partial charge on any atom is 0.311 e. The van der Waals surface area contributed by atoms with Crippen molar-refractivity contribution in [3.63, 3.8) is 0 Å². The molecule has 0 saturated heterocycles. The van der Waals surface area contributed by atoms with Crippen molar-refractivity contribution in [1.82, 2.24) is 0 Å². The third kappa shape index (κ3) is 1.63. The fourth-order valence-electron chi connectivity index (χ4n) is 1.85. The smallest absolute Gasteiger partial charge is 0.311 e. The van der Waals surface area contributed by atoms with Gasteiger partial charge >= 0.3 is 5.97 Å². The molecule has 0 fully saturated rings. The van der Waals surface area contributed by atoms with Crippen LogP contribution in [0.1, 0.15) is 17.9 Å². The standard InChI is InChI=1S/C10H10O4S/c11-10(12)8-5-6-15(13,14)9-4-2-1-3-7(8)9/h1-4,8H,5-6H2,(H,11,12)/t8-/m0/s1. The number of benzene rings is 1.